The molecule has 4 rings (SSSR count). The van der Waals surface area contributed by atoms with Crippen LogP contribution in [0.1, 0.15) is 13.2 Å². The SMILES string of the molecule is CC1OC(O[C@@H]2C(OS(=O)(=O)O)[C@H](n3cnc4c(=O)[nH]c(N)nc43)O[C@@H]2COSOOO)[C@H](O)[C@@H](O)[C@@H]1O. The number of aliphatic hydroxyl groups is 3. The van der Waals surface area contributed by atoms with Gasteiger partial charge in [-0.25, -0.2) is 14.4 Å². The van der Waals surface area contributed by atoms with E-state index in [9.17, 15) is 33.1 Å². The largest absolute Gasteiger partial charge is 0.397 e. The van der Waals surface area contributed by atoms with Gasteiger partial charge in [0, 0.05) is 0 Å². The zero-order valence-corrected chi connectivity index (χ0v) is 20.7. The molecule has 2 fully saturated rings. The number of nitrogens with two attached hydrogens (primary N) is 1. The highest BCUT2D eigenvalue weighted by atomic mass is 32.3. The van der Waals surface area contributed by atoms with Gasteiger partial charge in [-0.1, -0.05) is 5.04 Å². The number of H-pyrrole nitrogens is 1. The average molecular weight is 590 g/mol. The molecule has 0 bridgehead atoms. The lowest BCUT2D eigenvalue weighted by Gasteiger charge is -2.40. The Kier molecular flexibility index (Phi) is 8.85. The van der Waals surface area contributed by atoms with Crippen molar-refractivity contribution in [2.24, 2.45) is 0 Å². The number of fused-ring (bicyclic) bond motifs is 1. The molecular weight excluding hydrogens is 566 g/mol. The van der Waals surface area contributed by atoms with Crippen LogP contribution in [0.5, 0.6) is 0 Å². The number of aliphatic hydroxyl groups excluding tert-OH is 3. The molecule has 214 valence electrons. The third-order valence-electron chi connectivity index (χ3n) is 5.68. The molecule has 2 saturated heterocycles. The molecular formula is C16H23N5O15S2. The van der Waals surface area contributed by atoms with Crippen molar-refractivity contribution in [1.82, 2.24) is 19.5 Å². The summed E-state index contributed by atoms with van der Waals surface area (Å²) in [6.45, 7) is 0.887. The molecule has 9 atom stereocenters. The second-order valence-electron chi connectivity index (χ2n) is 8.11. The third-order valence-corrected chi connectivity index (χ3v) is 6.50. The normalized spacial score (nSPS) is 34.2. The molecule has 0 aromatic carbocycles. The fourth-order valence-corrected chi connectivity index (χ4v) is 4.75. The van der Waals surface area contributed by atoms with Crippen molar-refractivity contribution in [1.29, 1.82) is 0 Å². The van der Waals surface area contributed by atoms with Gasteiger partial charge in [0.1, 0.15) is 30.5 Å². The first kappa shape index (κ1) is 29.0. The van der Waals surface area contributed by atoms with Crippen LogP contribution in [-0.2, 0) is 42.3 Å². The van der Waals surface area contributed by atoms with Crippen LogP contribution in [0.3, 0.4) is 0 Å². The Balaban J connectivity index is 1.72. The maximum Gasteiger partial charge on any atom is 0.397 e. The Bertz CT molecular complexity index is 1280. The van der Waals surface area contributed by atoms with Crippen molar-refractivity contribution in [2.75, 3.05) is 12.3 Å². The van der Waals surface area contributed by atoms with Crippen LogP contribution >= 0.6 is 12.3 Å². The van der Waals surface area contributed by atoms with Gasteiger partial charge in [-0.2, -0.15) is 13.4 Å². The van der Waals surface area contributed by atoms with Gasteiger partial charge < -0.3 is 35.3 Å². The van der Waals surface area contributed by atoms with Gasteiger partial charge in [-0.3, -0.25) is 23.1 Å². The summed E-state index contributed by atoms with van der Waals surface area (Å²) < 4.78 is 65.2. The van der Waals surface area contributed by atoms with Crippen LogP contribution in [0, 0.1) is 0 Å². The highest BCUT2D eigenvalue weighted by Gasteiger charge is 2.53. The Labute approximate surface area is 216 Å². The van der Waals surface area contributed by atoms with E-state index in [2.05, 4.69) is 24.3 Å². The quantitative estimate of drug-likeness (QED) is 0.0477. The van der Waals surface area contributed by atoms with Crippen molar-refractivity contribution in [3.05, 3.63) is 16.7 Å². The minimum atomic E-state index is -5.19. The lowest BCUT2D eigenvalue weighted by atomic mass is 10.00. The summed E-state index contributed by atoms with van der Waals surface area (Å²) in [5.41, 5.74) is 4.53. The number of hydrogen-bond donors (Lipinski definition) is 7. The van der Waals surface area contributed by atoms with Gasteiger partial charge in [0.2, 0.25) is 5.95 Å². The van der Waals surface area contributed by atoms with Gasteiger partial charge in [0.05, 0.1) is 19.0 Å². The molecule has 38 heavy (non-hydrogen) atoms. The van der Waals surface area contributed by atoms with Gasteiger partial charge in [0.25, 0.3) is 5.56 Å². The van der Waals surface area contributed by atoms with Crippen molar-refractivity contribution in [2.45, 2.75) is 62.2 Å². The van der Waals surface area contributed by atoms with E-state index in [1.807, 2.05) is 0 Å². The van der Waals surface area contributed by atoms with Crippen molar-refractivity contribution < 1.29 is 65.5 Å². The molecule has 20 nitrogen and oxygen atoms in total. The molecule has 8 N–H and O–H groups in total. The molecule has 0 amide bonds. The number of nitrogens with zero attached hydrogens (tertiary/aromatic N) is 3. The van der Waals surface area contributed by atoms with Gasteiger partial charge >= 0.3 is 10.4 Å². The molecule has 2 aromatic rings. The second kappa shape index (κ2) is 11.6. The average Bonchev–Trinajstić information content (AvgIpc) is 3.39. The Morgan fingerprint density at radius 1 is 1.21 bits per heavy atom. The summed E-state index contributed by atoms with van der Waals surface area (Å²) in [6.07, 6.45) is -12.8. The Hall–Kier alpha value is -2.03. The van der Waals surface area contributed by atoms with E-state index in [1.54, 1.807) is 0 Å². The number of hydrogen-bond acceptors (Lipinski definition) is 18. The van der Waals surface area contributed by atoms with Crippen LogP contribution in [-0.4, -0.2) is 109 Å². The van der Waals surface area contributed by atoms with E-state index in [0.29, 0.717) is 0 Å². The number of imidazole rings is 1. The minimum absolute atomic E-state index is 0.146. The second-order valence-corrected chi connectivity index (χ2v) is 9.66. The number of aromatic amines is 1. The van der Waals surface area contributed by atoms with E-state index in [1.165, 1.54) is 6.92 Å². The van der Waals surface area contributed by atoms with E-state index in [0.717, 1.165) is 10.9 Å². The molecule has 0 spiro atoms. The monoisotopic (exact) mass is 589 g/mol. The van der Waals surface area contributed by atoms with Crippen LogP contribution < -0.4 is 11.3 Å². The fraction of sp³-hybridized carbons (Fsp3) is 0.688. The Morgan fingerprint density at radius 3 is 2.63 bits per heavy atom. The smallest absolute Gasteiger partial charge is 0.388 e. The Morgan fingerprint density at radius 2 is 1.95 bits per heavy atom. The van der Waals surface area contributed by atoms with Gasteiger partial charge in [-0.15, -0.1) is 4.33 Å². The van der Waals surface area contributed by atoms with E-state index in [-0.39, 0.29) is 29.4 Å². The molecule has 3 unspecified atom stereocenters. The number of ether oxygens (including phenoxy) is 3. The first-order valence-corrected chi connectivity index (χ1v) is 12.6. The highest BCUT2D eigenvalue weighted by molar-refractivity contribution is 7.89. The summed E-state index contributed by atoms with van der Waals surface area (Å²) in [5, 5.41) is 42.2. The maximum atomic E-state index is 12.2. The summed E-state index contributed by atoms with van der Waals surface area (Å²) >= 11 is 0.146. The van der Waals surface area contributed by atoms with E-state index >= 15 is 0 Å². The first-order chi connectivity index (χ1) is 17.9. The van der Waals surface area contributed by atoms with Crippen molar-refractivity contribution in [3.8, 4) is 0 Å². The van der Waals surface area contributed by atoms with Gasteiger partial charge in [0.15, 0.2) is 42.1 Å². The summed E-state index contributed by atoms with van der Waals surface area (Å²) in [5.74, 6) is -0.306. The van der Waals surface area contributed by atoms with E-state index < -0.39 is 77.8 Å². The van der Waals surface area contributed by atoms with Crippen LogP contribution in [0.25, 0.3) is 11.2 Å². The minimum Gasteiger partial charge on any atom is -0.388 e. The zero-order chi connectivity index (χ0) is 27.8. The lowest BCUT2D eigenvalue weighted by molar-refractivity contribution is -0.434. The number of anilines is 1. The number of aromatic nitrogens is 4. The molecule has 2 aliphatic rings. The number of rotatable bonds is 10. The molecule has 2 aliphatic heterocycles. The van der Waals surface area contributed by atoms with Crippen molar-refractivity contribution in [3.63, 3.8) is 0 Å². The predicted molar refractivity (Wildman–Crippen MR) is 118 cm³/mol. The highest BCUT2D eigenvalue weighted by Crippen LogP contribution is 2.38. The van der Waals surface area contributed by atoms with Crippen molar-refractivity contribution >= 4 is 39.8 Å². The maximum absolute atomic E-state index is 12.2. The first-order valence-electron chi connectivity index (χ1n) is 10.6. The van der Waals surface area contributed by atoms with Gasteiger partial charge in [-0.05, 0) is 6.92 Å². The molecule has 4 heterocycles. The molecule has 0 radical (unpaired) electrons. The van der Waals surface area contributed by atoms with Crippen LogP contribution in [0.4, 0.5) is 5.95 Å². The fourth-order valence-electron chi connectivity index (χ4n) is 4.01. The van der Waals surface area contributed by atoms with E-state index in [4.69, 9.17) is 33.6 Å². The predicted octanol–water partition coefficient (Wildman–Crippen LogP) is -3.00. The summed E-state index contributed by atoms with van der Waals surface area (Å²) in [7, 11) is -5.19. The van der Waals surface area contributed by atoms with Crippen LogP contribution in [0.2, 0.25) is 0 Å². The standard InChI is InChI=1S/C16H23N5O15S2/c1-4-7(22)8(23)9(24)15(31-4)33-10-5(2-30-37-36-35-26)32-14(11(10)34-38(27,28)29)21-3-18-6-12(21)19-16(17)20-13(6)25/h3-5,7-11,14-15,22-24,26H,2H2,1H3,(H,27,28,29)(H3,17,19,20,25)/t4?,5-,7-,8+,9-,10+,11?,14-,15?/m1/s1. The molecule has 0 saturated carbocycles. The molecule has 22 heteroatoms. The summed E-state index contributed by atoms with van der Waals surface area (Å²) in [6, 6.07) is 0. The lowest BCUT2D eigenvalue weighted by Crippen LogP contribution is -2.59. The number of nitrogens with one attached hydrogen (secondary N) is 1. The third kappa shape index (κ3) is 6.07. The summed E-state index contributed by atoms with van der Waals surface area (Å²) in [4.78, 5) is 22.3. The van der Waals surface area contributed by atoms with Crippen LogP contribution in [0.15, 0.2) is 11.1 Å². The number of nitrogen functional groups attached to an aromatic ring is 1. The molecule has 0 aliphatic carbocycles. The zero-order valence-electron chi connectivity index (χ0n) is 19.0. The topological polar surface area (TPSA) is 289 Å². The molecule has 2 aromatic heterocycles.